The summed E-state index contributed by atoms with van der Waals surface area (Å²) in [5, 5.41) is 17.9. The topological polar surface area (TPSA) is 67.4 Å². The lowest BCUT2D eigenvalue weighted by Gasteiger charge is -2.07. The van der Waals surface area contributed by atoms with Crippen molar-refractivity contribution in [3.8, 4) is 0 Å². The highest BCUT2D eigenvalue weighted by Crippen LogP contribution is 2.42. The quantitative estimate of drug-likeness (QED) is 0.462. The molecule has 0 atom stereocenters. The molecule has 0 radical (unpaired) electrons. The number of aromatic nitrogens is 2. The number of benzene rings is 1. The van der Waals surface area contributed by atoms with E-state index >= 15 is 0 Å². The summed E-state index contributed by atoms with van der Waals surface area (Å²) in [7, 11) is 0. The lowest BCUT2D eigenvalue weighted by atomic mass is 10.3. The third-order valence-corrected chi connectivity index (χ3v) is 4.79. The number of halogens is 4. The molecule has 0 bridgehead atoms. The molecule has 0 spiro atoms. The molecule has 2 rings (SSSR count). The molecule has 0 aliphatic heterocycles. The minimum Gasteiger partial charge on any atom is -0.516 e. The Bertz CT molecular complexity index is 770. The van der Waals surface area contributed by atoms with Crippen LogP contribution in [0.15, 0.2) is 29.5 Å². The number of hydrogen-bond acceptors (Lipinski definition) is 3. The minimum atomic E-state index is -0.437. The van der Waals surface area contributed by atoms with Crippen LogP contribution in [-0.2, 0) is 13.1 Å². The van der Waals surface area contributed by atoms with E-state index in [0.29, 0.717) is 11.0 Å². The second-order valence-electron chi connectivity index (χ2n) is 4.23. The van der Waals surface area contributed by atoms with E-state index in [-0.39, 0.29) is 33.2 Å². The van der Waals surface area contributed by atoms with E-state index in [2.05, 4.69) is 0 Å². The van der Waals surface area contributed by atoms with Crippen LogP contribution in [-0.4, -0.2) is 19.3 Å². The van der Waals surface area contributed by atoms with Gasteiger partial charge in [-0.3, -0.25) is 9.13 Å². The minimum absolute atomic E-state index is 0.0393. The van der Waals surface area contributed by atoms with Crippen molar-refractivity contribution in [1.29, 1.82) is 0 Å². The summed E-state index contributed by atoms with van der Waals surface area (Å²) in [4.78, 5) is 12.5. The predicted molar refractivity (Wildman–Crippen MR) is 89.8 cm³/mol. The van der Waals surface area contributed by atoms with Gasteiger partial charge in [0.25, 0.3) is 0 Å². The fraction of sp³-hybridized carbons (Fsp3) is 0.154. The van der Waals surface area contributed by atoms with Crippen LogP contribution in [0.5, 0.6) is 0 Å². The van der Waals surface area contributed by atoms with Gasteiger partial charge in [0.05, 0.1) is 43.6 Å². The van der Waals surface area contributed by atoms with Crippen LogP contribution in [0, 0.1) is 0 Å². The molecule has 118 valence electrons. The monoisotopic (exact) mass is 382 g/mol. The van der Waals surface area contributed by atoms with Crippen LogP contribution < -0.4 is 5.69 Å². The molecule has 0 aliphatic rings. The summed E-state index contributed by atoms with van der Waals surface area (Å²) in [6, 6.07) is 0. The van der Waals surface area contributed by atoms with E-state index in [0.717, 1.165) is 12.5 Å². The Kier molecular flexibility index (Phi) is 5.34. The van der Waals surface area contributed by atoms with Crippen LogP contribution in [0.4, 0.5) is 0 Å². The molecule has 1 aromatic heterocycles. The Balaban J connectivity index is 2.95. The van der Waals surface area contributed by atoms with Gasteiger partial charge in [0.2, 0.25) is 0 Å². The first-order valence-corrected chi connectivity index (χ1v) is 7.50. The average molecular weight is 384 g/mol. The van der Waals surface area contributed by atoms with Gasteiger partial charge in [-0.05, 0) is 12.2 Å². The molecular formula is C13H10Cl4N2O3. The van der Waals surface area contributed by atoms with Gasteiger partial charge in [0, 0.05) is 13.1 Å². The maximum absolute atomic E-state index is 12.5. The molecule has 5 nitrogen and oxygen atoms in total. The fourth-order valence-electron chi connectivity index (χ4n) is 2.08. The van der Waals surface area contributed by atoms with Crippen molar-refractivity contribution in [2.24, 2.45) is 0 Å². The van der Waals surface area contributed by atoms with E-state index in [1.165, 1.54) is 21.3 Å². The first-order valence-electron chi connectivity index (χ1n) is 5.99. The van der Waals surface area contributed by atoms with E-state index < -0.39 is 5.69 Å². The van der Waals surface area contributed by atoms with Gasteiger partial charge in [0.15, 0.2) is 0 Å². The van der Waals surface area contributed by atoms with Crippen LogP contribution in [0.3, 0.4) is 0 Å². The smallest absolute Gasteiger partial charge is 0.329 e. The zero-order valence-electron chi connectivity index (χ0n) is 10.9. The molecule has 22 heavy (non-hydrogen) atoms. The van der Waals surface area contributed by atoms with Gasteiger partial charge in [-0.1, -0.05) is 46.4 Å². The Morgan fingerprint density at radius 2 is 1.14 bits per heavy atom. The highest BCUT2D eigenvalue weighted by molar-refractivity contribution is 6.55. The average Bonchev–Trinajstić information content (AvgIpc) is 2.79. The lowest BCUT2D eigenvalue weighted by Crippen LogP contribution is -2.23. The molecule has 2 N–H and O–H groups in total. The summed E-state index contributed by atoms with van der Waals surface area (Å²) in [5.41, 5.74) is 0.166. The summed E-state index contributed by atoms with van der Waals surface area (Å²) in [6.07, 6.45) is 4.35. The van der Waals surface area contributed by atoms with Crippen molar-refractivity contribution in [2.45, 2.75) is 13.1 Å². The standard InChI is InChI=1S/C13H10Cl4N2O3/c14-7-8(15)10(17)12-11(9(7)16)18(3-1-5-20)13(22)19(12)4-2-6-21/h1-2,5-6,20-21H,3-4H2. The molecule has 0 fully saturated rings. The van der Waals surface area contributed by atoms with Gasteiger partial charge in [-0.2, -0.15) is 0 Å². The number of aliphatic hydroxyl groups excluding tert-OH is 2. The number of nitrogens with zero attached hydrogens (tertiary/aromatic N) is 2. The van der Waals surface area contributed by atoms with Crippen LogP contribution in [0.25, 0.3) is 11.0 Å². The Labute approximate surface area is 145 Å². The summed E-state index contributed by atoms with van der Waals surface area (Å²) >= 11 is 24.5. The van der Waals surface area contributed by atoms with Gasteiger partial charge in [-0.25, -0.2) is 4.79 Å². The second-order valence-corrected chi connectivity index (χ2v) is 5.74. The van der Waals surface area contributed by atoms with Crippen molar-refractivity contribution in [1.82, 2.24) is 9.13 Å². The molecule has 9 heteroatoms. The van der Waals surface area contributed by atoms with Crippen molar-refractivity contribution in [3.63, 3.8) is 0 Å². The zero-order chi connectivity index (χ0) is 16.4. The number of fused-ring (bicyclic) bond motifs is 1. The van der Waals surface area contributed by atoms with Crippen molar-refractivity contribution >= 4 is 57.4 Å². The van der Waals surface area contributed by atoms with Gasteiger partial charge in [-0.15, -0.1) is 0 Å². The first kappa shape index (κ1) is 17.1. The van der Waals surface area contributed by atoms with Gasteiger partial charge in [0.1, 0.15) is 0 Å². The van der Waals surface area contributed by atoms with Crippen LogP contribution >= 0.6 is 46.4 Å². The number of hydrogen-bond donors (Lipinski definition) is 2. The third kappa shape index (κ3) is 2.70. The van der Waals surface area contributed by atoms with E-state index in [4.69, 9.17) is 56.6 Å². The van der Waals surface area contributed by atoms with Crippen LogP contribution in [0.1, 0.15) is 0 Å². The van der Waals surface area contributed by atoms with Crippen LogP contribution in [0.2, 0.25) is 20.1 Å². The molecule has 1 aromatic carbocycles. The summed E-state index contributed by atoms with van der Waals surface area (Å²) in [5.74, 6) is 0. The number of aliphatic hydroxyl groups is 2. The van der Waals surface area contributed by atoms with Gasteiger partial charge < -0.3 is 10.2 Å². The Morgan fingerprint density at radius 3 is 1.45 bits per heavy atom. The molecule has 0 amide bonds. The summed E-state index contributed by atoms with van der Waals surface area (Å²) in [6.45, 7) is 0.130. The van der Waals surface area contributed by atoms with Gasteiger partial charge >= 0.3 is 5.69 Å². The van der Waals surface area contributed by atoms with Crippen molar-refractivity contribution in [3.05, 3.63) is 55.3 Å². The zero-order valence-corrected chi connectivity index (χ0v) is 14.0. The van der Waals surface area contributed by atoms with E-state index in [1.807, 2.05) is 0 Å². The number of allylic oxidation sites excluding steroid dienone is 2. The lowest BCUT2D eigenvalue weighted by molar-refractivity contribution is 0.468. The third-order valence-electron chi connectivity index (χ3n) is 3.01. The largest absolute Gasteiger partial charge is 0.516 e. The molecule has 0 unspecified atom stereocenters. The predicted octanol–water partition coefficient (Wildman–Crippen LogP) is 4.56. The first-order chi connectivity index (χ1) is 10.5. The second kappa shape index (κ2) is 6.87. The SMILES string of the molecule is O=c1n(CC=CO)c2c(Cl)c(Cl)c(Cl)c(Cl)c2n1CC=CO. The highest BCUT2D eigenvalue weighted by Gasteiger charge is 2.23. The molecule has 2 aromatic rings. The molecule has 0 saturated heterocycles. The highest BCUT2D eigenvalue weighted by atomic mass is 35.5. The van der Waals surface area contributed by atoms with Crippen molar-refractivity contribution < 1.29 is 10.2 Å². The van der Waals surface area contributed by atoms with Crippen molar-refractivity contribution in [2.75, 3.05) is 0 Å². The molecular weight excluding hydrogens is 374 g/mol. The normalized spacial score (nSPS) is 12.2. The number of rotatable bonds is 4. The molecule has 0 aliphatic carbocycles. The maximum atomic E-state index is 12.5. The van der Waals surface area contributed by atoms with E-state index in [9.17, 15) is 4.79 Å². The molecule has 0 saturated carbocycles. The summed E-state index contributed by atoms with van der Waals surface area (Å²) < 4.78 is 2.59. The number of imidazole rings is 1. The van der Waals surface area contributed by atoms with E-state index in [1.54, 1.807) is 0 Å². The Morgan fingerprint density at radius 1 is 0.773 bits per heavy atom. The fourth-order valence-corrected chi connectivity index (χ4v) is 3.12. The molecule has 1 heterocycles. The Hall–Kier alpha value is -1.27. The maximum Gasteiger partial charge on any atom is 0.329 e.